The number of carbonyl (C=O) groups excluding carboxylic acids is 1. The molecule has 0 aliphatic carbocycles. The lowest BCUT2D eigenvalue weighted by Crippen LogP contribution is -2.43. The second-order valence-corrected chi connectivity index (χ2v) is 7.27. The van der Waals surface area contributed by atoms with Crippen LogP contribution in [0.15, 0.2) is 42.7 Å². The summed E-state index contributed by atoms with van der Waals surface area (Å²) in [4.78, 5) is 20.8. The Bertz CT molecular complexity index is 714. The zero-order valence-electron chi connectivity index (χ0n) is 16.5. The van der Waals surface area contributed by atoms with Gasteiger partial charge in [-0.1, -0.05) is 30.3 Å². The third kappa shape index (κ3) is 5.32. The maximum Gasteiger partial charge on any atom is 0.317 e. The summed E-state index contributed by atoms with van der Waals surface area (Å²) in [7, 11) is 1.82. The van der Waals surface area contributed by atoms with Gasteiger partial charge < -0.3 is 19.7 Å². The Labute approximate surface area is 162 Å². The minimum atomic E-state index is -0.0442. The minimum Gasteiger partial charge on any atom is -0.337 e. The molecule has 1 atom stereocenters. The topological polar surface area (TPSA) is 53.4 Å². The number of urea groups is 1. The Morgan fingerprint density at radius 3 is 2.93 bits per heavy atom. The molecule has 1 aromatic heterocycles. The maximum atomic E-state index is 12.4. The summed E-state index contributed by atoms with van der Waals surface area (Å²) in [5.74, 6) is 1.52. The largest absolute Gasteiger partial charge is 0.337 e. The van der Waals surface area contributed by atoms with E-state index < -0.39 is 0 Å². The summed E-state index contributed by atoms with van der Waals surface area (Å²) in [6, 6.07) is 10.7. The highest BCUT2D eigenvalue weighted by Crippen LogP contribution is 2.26. The fourth-order valence-electron chi connectivity index (χ4n) is 3.78. The van der Waals surface area contributed by atoms with Crippen molar-refractivity contribution in [3.8, 4) is 0 Å². The van der Waals surface area contributed by atoms with Crippen molar-refractivity contribution in [2.45, 2.75) is 38.8 Å². The van der Waals surface area contributed by atoms with Gasteiger partial charge in [0.1, 0.15) is 5.82 Å². The monoisotopic (exact) mass is 369 g/mol. The summed E-state index contributed by atoms with van der Waals surface area (Å²) in [5, 5.41) is 3.04. The van der Waals surface area contributed by atoms with E-state index in [-0.39, 0.29) is 6.03 Å². The molecule has 146 valence electrons. The third-order valence-corrected chi connectivity index (χ3v) is 5.35. The van der Waals surface area contributed by atoms with Crippen LogP contribution in [0.4, 0.5) is 4.79 Å². The van der Waals surface area contributed by atoms with Crippen LogP contribution >= 0.6 is 0 Å². The van der Waals surface area contributed by atoms with Crippen molar-refractivity contribution in [2.24, 2.45) is 0 Å². The van der Waals surface area contributed by atoms with Crippen LogP contribution in [-0.4, -0.2) is 58.6 Å². The van der Waals surface area contributed by atoms with E-state index in [1.54, 1.807) is 11.1 Å². The van der Waals surface area contributed by atoms with E-state index >= 15 is 0 Å². The second-order valence-electron chi connectivity index (χ2n) is 7.27. The predicted octanol–water partition coefficient (Wildman–Crippen LogP) is 2.92. The molecular formula is C21H31N5O. The zero-order chi connectivity index (χ0) is 19.1. The van der Waals surface area contributed by atoms with E-state index in [1.165, 1.54) is 18.4 Å². The summed E-state index contributed by atoms with van der Waals surface area (Å²) in [5.41, 5.74) is 1.43. The highest BCUT2D eigenvalue weighted by molar-refractivity contribution is 5.73. The summed E-state index contributed by atoms with van der Waals surface area (Å²) in [6.45, 7) is 7.22. The number of rotatable bonds is 7. The normalized spacial score (nSPS) is 17.6. The van der Waals surface area contributed by atoms with Crippen LogP contribution < -0.4 is 5.32 Å². The van der Waals surface area contributed by atoms with Gasteiger partial charge in [-0.05, 0) is 37.8 Å². The number of benzene rings is 1. The van der Waals surface area contributed by atoms with E-state index in [2.05, 4.69) is 57.0 Å². The lowest BCUT2D eigenvalue weighted by atomic mass is 9.91. The van der Waals surface area contributed by atoms with Crippen LogP contribution in [0.3, 0.4) is 0 Å². The highest BCUT2D eigenvalue weighted by Gasteiger charge is 2.21. The lowest BCUT2D eigenvalue weighted by Gasteiger charge is -2.33. The Morgan fingerprint density at radius 2 is 2.15 bits per heavy atom. The van der Waals surface area contributed by atoms with E-state index in [0.29, 0.717) is 19.0 Å². The number of amides is 2. The molecule has 6 nitrogen and oxygen atoms in total. The molecule has 6 heteroatoms. The molecule has 1 aromatic carbocycles. The number of hydrogen-bond donors (Lipinski definition) is 1. The first-order chi connectivity index (χ1) is 13.2. The molecule has 3 rings (SSSR count). The van der Waals surface area contributed by atoms with Gasteiger partial charge in [-0.3, -0.25) is 0 Å². The average molecular weight is 370 g/mol. The first-order valence-electron chi connectivity index (χ1n) is 9.93. The number of carbonyl (C=O) groups is 1. The third-order valence-electron chi connectivity index (χ3n) is 5.35. The predicted molar refractivity (Wildman–Crippen MR) is 108 cm³/mol. The Hall–Kier alpha value is -2.34. The van der Waals surface area contributed by atoms with Crippen LogP contribution in [0.1, 0.15) is 37.1 Å². The smallest absolute Gasteiger partial charge is 0.317 e. The molecule has 2 amide bonds. The minimum absolute atomic E-state index is 0.0442. The van der Waals surface area contributed by atoms with Crippen molar-refractivity contribution >= 4 is 6.03 Å². The van der Waals surface area contributed by atoms with Crippen molar-refractivity contribution in [3.05, 3.63) is 54.1 Å². The summed E-state index contributed by atoms with van der Waals surface area (Å²) < 4.78 is 2.06. The van der Waals surface area contributed by atoms with Crippen molar-refractivity contribution in [1.82, 2.24) is 24.7 Å². The van der Waals surface area contributed by atoms with E-state index in [4.69, 9.17) is 0 Å². The molecular weight excluding hydrogens is 338 g/mol. The molecule has 27 heavy (non-hydrogen) atoms. The molecule has 2 heterocycles. The van der Waals surface area contributed by atoms with Crippen LogP contribution in [0.25, 0.3) is 0 Å². The second kappa shape index (κ2) is 9.55. The standard InChI is InChI=1S/C21H31N5O/c1-3-26-15-12-22-20(26)17-24(2)21(27)23-11-14-25-13-7-10-19(16-25)18-8-5-4-6-9-18/h4-6,8-9,12,15,19H,3,7,10-11,13-14,16-17H2,1-2H3,(H,23,27)/t19-/m0/s1. The summed E-state index contributed by atoms with van der Waals surface area (Å²) in [6.07, 6.45) is 6.19. The lowest BCUT2D eigenvalue weighted by molar-refractivity contribution is 0.191. The number of aryl methyl sites for hydroxylation is 1. The fraction of sp³-hybridized carbons (Fsp3) is 0.524. The van der Waals surface area contributed by atoms with Crippen LogP contribution in [0.5, 0.6) is 0 Å². The molecule has 1 N–H and O–H groups in total. The van der Waals surface area contributed by atoms with Crippen molar-refractivity contribution in [1.29, 1.82) is 0 Å². The molecule has 0 radical (unpaired) electrons. The van der Waals surface area contributed by atoms with Gasteiger partial charge in [0.2, 0.25) is 0 Å². The van der Waals surface area contributed by atoms with Gasteiger partial charge in [0.25, 0.3) is 0 Å². The molecule has 1 aliphatic heterocycles. The van der Waals surface area contributed by atoms with Gasteiger partial charge in [0, 0.05) is 45.6 Å². The molecule has 0 spiro atoms. The Morgan fingerprint density at radius 1 is 1.33 bits per heavy atom. The molecule has 0 unspecified atom stereocenters. The molecule has 0 bridgehead atoms. The summed E-state index contributed by atoms with van der Waals surface area (Å²) >= 11 is 0. The van der Waals surface area contributed by atoms with E-state index in [1.807, 2.05) is 13.2 Å². The van der Waals surface area contributed by atoms with Gasteiger partial charge in [0.15, 0.2) is 0 Å². The quantitative estimate of drug-likeness (QED) is 0.816. The number of likely N-dealkylation sites (tertiary alicyclic amines) is 1. The van der Waals surface area contributed by atoms with Crippen molar-refractivity contribution < 1.29 is 4.79 Å². The van der Waals surface area contributed by atoms with E-state index in [9.17, 15) is 4.79 Å². The van der Waals surface area contributed by atoms with Gasteiger partial charge >= 0.3 is 6.03 Å². The van der Waals surface area contributed by atoms with Crippen molar-refractivity contribution in [2.75, 3.05) is 33.2 Å². The number of hydrogen-bond acceptors (Lipinski definition) is 3. The number of nitrogens with one attached hydrogen (secondary N) is 1. The van der Waals surface area contributed by atoms with Crippen LogP contribution in [0.2, 0.25) is 0 Å². The van der Waals surface area contributed by atoms with Gasteiger partial charge in [-0.15, -0.1) is 0 Å². The van der Waals surface area contributed by atoms with Crippen LogP contribution in [0, 0.1) is 0 Å². The van der Waals surface area contributed by atoms with E-state index in [0.717, 1.165) is 32.0 Å². The SMILES string of the molecule is CCn1ccnc1CN(C)C(=O)NCCN1CCC[C@H](c2ccccc2)C1. The number of aromatic nitrogens is 2. The highest BCUT2D eigenvalue weighted by atomic mass is 16.2. The molecule has 1 aliphatic rings. The Balaban J connectivity index is 1.41. The molecule has 1 saturated heterocycles. The number of piperidine rings is 1. The first kappa shape index (κ1) is 19.4. The van der Waals surface area contributed by atoms with Gasteiger partial charge in [-0.25, -0.2) is 9.78 Å². The van der Waals surface area contributed by atoms with Crippen LogP contribution in [-0.2, 0) is 13.1 Å². The number of imidazole rings is 1. The average Bonchev–Trinajstić information content (AvgIpc) is 3.16. The van der Waals surface area contributed by atoms with Crippen molar-refractivity contribution in [3.63, 3.8) is 0 Å². The fourth-order valence-corrected chi connectivity index (χ4v) is 3.78. The van der Waals surface area contributed by atoms with Gasteiger partial charge in [-0.2, -0.15) is 0 Å². The maximum absolute atomic E-state index is 12.4. The molecule has 0 saturated carbocycles. The first-order valence-corrected chi connectivity index (χ1v) is 9.93. The molecule has 2 aromatic rings. The zero-order valence-corrected chi connectivity index (χ0v) is 16.5. The van der Waals surface area contributed by atoms with Gasteiger partial charge in [0.05, 0.1) is 6.54 Å². The molecule has 1 fully saturated rings. The Kier molecular flexibility index (Phi) is 6.87. The number of nitrogens with zero attached hydrogens (tertiary/aromatic N) is 4.